The Morgan fingerprint density at radius 3 is 1.55 bits per heavy atom. The van der Waals surface area contributed by atoms with Gasteiger partial charge in [0.05, 0.1) is 0 Å². The van der Waals surface area contributed by atoms with Crippen molar-refractivity contribution in [2.24, 2.45) is 0 Å². The van der Waals surface area contributed by atoms with Gasteiger partial charge in [0.15, 0.2) is 0 Å². The third-order valence-corrected chi connectivity index (χ3v) is 7.68. The number of unbranched alkanes of at least 4 members (excludes halogenated alkanes) is 18. The second kappa shape index (κ2) is 31.9. The summed E-state index contributed by atoms with van der Waals surface area (Å²) in [6, 6.07) is 0. The molecule has 234 valence electrons. The van der Waals surface area contributed by atoms with E-state index in [4.69, 9.17) is 9.84 Å². The fourth-order valence-electron chi connectivity index (χ4n) is 5.10. The van der Waals surface area contributed by atoms with Crippen LogP contribution in [-0.4, -0.2) is 23.1 Å². The number of ether oxygens (including phenoxy) is 1. The summed E-state index contributed by atoms with van der Waals surface area (Å²) in [5.74, 6) is -0.768. The number of allylic oxidation sites excluding steroid dienone is 4. The fraction of sp³-hybridized carbons (Fsp3) is 0.833. The highest BCUT2D eigenvalue weighted by atomic mass is 16.5. The molecule has 0 aromatic heterocycles. The minimum Gasteiger partial charge on any atom is -0.481 e. The van der Waals surface area contributed by atoms with Crippen molar-refractivity contribution in [1.82, 2.24) is 0 Å². The Kier molecular flexibility index (Phi) is 30.7. The quantitative estimate of drug-likeness (QED) is 0.0518. The molecule has 4 heteroatoms. The minimum absolute atomic E-state index is 0.00611. The number of carbonyl (C=O) groups is 2. The molecule has 0 saturated carbocycles. The summed E-state index contributed by atoms with van der Waals surface area (Å²) >= 11 is 0. The first-order chi connectivity index (χ1) is 19.6. The molecule has 0 aromatic carbocycles. The van der Waals surface area contributed by atoms with Gasteiger partial charge in [-0.15, -0.1) is 0 Å². The number of hydrogen-bond acceptors (Lipinski definition) is 3. The van der Waals surface area contributed by atoms with Crippen molar-refractivity contribution in [3.63, 3.8) is 0 Å². The van der Waals surface area contributed by atoms with Crippen LogP contribution in [0.2, 0.25) is 0 Å². The Morgan fingerprint density at radius 1 is 0.550 bits per heavy atom. The molecule has 0 heterocycles. The summed E-state index contributed by atoms with van der Waals surface area (Å²) in [6.45, 7) is 4.47. The van der Waals surface area contributed by atoms with Gasteiger partial charge in [0.1, 0.15) is 6.10 Å². The third-order valence-electron chi connectivity index (χ3n) is 7.68. The summed E-state index contributed by atoms with van der Waals surface area (Å²) < 4.78 is 5.86. The second-order valence-corrected chi connectivity index (χ2v) is 11.7. The number of hydrogen-bond donors (Lipinski definition) is 1. The zero-order valence-electron chi connectivity index (χ0n) is 26.7. The van der Waals surface area contributed by atoms with E-state index >= 15 is 0 Å². The maximum absolute atomic E-state index is 12.4. The molecular weight excluding hydrogens is 496 g/mol. The van der Waals surface area contributed by atoms with Gasteiger partial charge in [0, 0.05) is 12.8 Å². The fourth-order valence-corrected chi connectivity index (χ4v) is 5.10. The number of rotatable bonds is 31. The molecule has 0 aliphatic heterocycles. The zero-order valence-corrected chi connectivity index (χ0v) is 26.7. The van der Waals surface area contributed by atoms with Crippen LogP contribution >= 0.6 is 0 Å². The van der Waals surface area contributed by atoms with Gasteiger partial charge in [-0.05, 0) is 70.6 Å². The van der Waals surface area contributed by atoms with Crippen LogP contribution in [0.3, 0.4) is 0 Å². The molecule has 4 nitrogen and oxygen atoms in total. The lowest BCUT2D eigenvalue weighted by Crippen LogP contribution is -2.18. The molecule has 0 spiro atoms. The lowest BCUT2D eigenvalue weighted by atomic mass is 10.0. The summed E-state index contributed by atoms with van der Waals surface area (Å²) in [7, 11) is 0. The van der Waals surface area contributed by atoms with E-state index < -0.39 is 5.97 Å². The Hall–Kier alpha value is -1.58. The first-order valence-electron chi connectivity index (χ1n) is 17.3. The highest BCUT2D eigenvalue weighted by molar-refractivity contribution is 5.69. The molecule has 0 aliphatic carbocycles. The van der Waals surface area contributed by atoms with Gasteiger partial charge >= 0.3 is 11.9 Å². The summed E-state index contributed by atoms with van der Waals surface area (Å²) in [5, 5.41) is 8.81. The molecule has 0 saturated heterocycles. The monoisotopic (exact) mass is 562 g/mol. The largest absolute Gasteiger partial charge is 0.481 e. The van der Waals surface area contributed by atoms with Crippen molar-refractivity contribution in [3.8, 4) is 0 Å². The molecule has 0 fully saturated rings. The SMILES string of the molecule is CCCCC/C=C\C/C=C\CCCCCCCCCCCC(=O)OC(CCCCCCC)CCCCCC(=O)O. The maximum atomic E-state index is 12.4. The van der Waals surface area contributed by atoms with Gasteiger partial charge in [0.2, 0.25) is 0 Å². The summed E-state index contributed by atoms with van der Waals surface area (Å²) in [6.07, 6.45) is 39.2. The van der Waals surface area contributed by atoms with Crippen molar-refractivity contribution in [3.05, 3.63) is 24.3 Å². The van der Waals surface area contributed by atoms with E-state index in [1.54, 1.807) is 0 Å². The van der Waals surface area contributed by atoms with E-state index in [1.165, 1.54) is 103 Å². The van der Waals surface area contributed by atoms with Crippen LogP contribution < -0.4 is 0 Å². The Morgan fingerprint density at radius 2 is 0.975 bits per heavy atom. The van der Waals surface area contributed by atoms with Crippen molar-refractivity contribution >= 4 is 11.9 Å². The first-order valence-corrected chi connectivity index (χ1v) is 17.3. The van der Waals surface area contributed by atoms with Crippen molar-refractivity contribution < 1.29 is 19.4 Å². The Bertz CT molecular complexity index is 610. The van der Waals surface area contributed by atoms with E-state index in [0.717, 1.165) is 51.4 Å². The smallest absolute Gasteiger partial charge is 0.306 e. The van der Waals surface area contributed by atoms with Crippen molar-refractivity contribution in [2.45, 2.75) is 193 Å². The van der Waals surface area contributed by atoms with E-state index in [0.29, 0.717) is 12.8 Å². The van der Waals surface area contributed by atoms with Crippen LogP contribution in [0.1, 0.15) is 187 Å². The standard InChI is InChI=1S/C36H66O4/c1-3-5-7-9-10-11-12-13-14-15-16-17-18-19-20-21-22-24-29-33-36(39)40-34(30-26-23-8-6-4-2)31-27-25-28-32-35(37)38/h10-11,13-14,34H,3-9,12,15-33H2,1-2H3,(H,37,38)/b11-10-,14-13-. The molecular formula is C36H66O4. The molecule has 0 aromatic rings. The zero-order chi connectivity index (χ0) is 29.4. The number of esters is 1. The lowest BCUT2D eigenvalue weighted by Gasteiger charge is -2.18. The van der Waals surface area contributed by atoms with Gasteiger partial charge in [-0.25, -0.2) is 0 Å². The second-order valence-electron chi connectivity index (χ2n) is 11.7. The van der Waals surface area contributed by atoms with Crippen LogP contribution in [0.25, 0.3) is 0 Å². The van der Waals surface area contributed by atoms with Crippen molar-refractivity contribution in [1.29, 1.82) is 0 Å². The van der Waals surface area contributed by atoms with Gasteiger partial charge < -0.3 is 9.84 Å². The number of aliphatic carboxylic acids is 1. The van der Waals surface area contributed by atoms with Crippen LogP contribution in [0.4, 0.5) is 0 Å². The van der Waals surface area contributed by atoms with E-state index in [-0.39, 0.29) is 18.5 Å². The van der Waals surface area contributed by atoms with E-state index in [9.17, 15) is 9.59 Å². The van der Waals surface area contributed by atoms with Gasteiger partial charge in [0.25, 0.3) is 0 Å². The van der Waals surface area contributed by atoms with E-state index in [1.807, 2.05) is 0 Å². The molecule has 0 amide bonds. The van der Waals surface area contributed by atoms with Crippen LogP contribution in [0, 0.1) is 0 Å². The Balaban J connectivity index is 3.74. The normalized spacial score (nSPS) is 12.4. The lowest BCUT2D eigenvalue weighted by molar-refractivity contribution is -0.150. The molecule has 0 rings (SSSR count). The third kappa shape index (κ3) is 31.0. The van der Waals surface area contributed by atoms with Gasteiger partial charge in [-0.2, -0.15) is 0 Å². The predicted octanol–water partition coefficient (Wildman–Crippen LogP) is 11.7. The average molecular weight is 563 g/mol. The molecule has 1 unspecified atom stereocenters. The highest BCUT2D eigenvalue weighted by Gasteiger charge is 2.14. The maximum Gasteiger partial charge on any atom is 0.306 e. The molecule has 40 heavy (non-hydrogen) atoms. The number of carboxylic acid groups (broad SMARTS) is 1. The predicted molar refractivity (Wildman–Crippen MR) is 172 cm³/mol. The summed E-state index contributed by atoms with van der Waals surface area (Å²) in [4.78, 5) is 23.1. The number of carboxylic acids is 1. The Labute approximate surface area is 248 Å². The van der Waals surface area contributed by atoms with E-state index in [2.05, 4.69) is 38.2 Å². The topological polar surface area (TPSA) is 63.6 Å². The highest BCUT2D eigenvalue weighted by Crippen LogP contribution is 2.18. The van der Waals surface area contributed by atoms with Gasteiger partial charge in [-0.3, -0.25) is 9.59 Å². The van der Waals surface area contributed by atoms with Crippen molar-refractivity contribution in [2.75, 3.05) is 0 Å². The van der Waals surface area contributed by atoms with Crippen LogP contribution in [0.5, 0.6) is 0 Å². The molecule has 0 aliphatic rings. The van der Waals surface area contributed by atoms with Crippen LogP contribution in [0.15, 0.2) is 24.3 Å². The molecule has 0 bridgehead atoms. The van der Waals surface area contributed by atoms with Gasteiger partial charge in [-0.1, -0.05) is 128 Å². The molecule has 1 atom stereocenters. The molecule has 1 N–H and O–H groups in total. The minimum atomic E-state index is -0.727. The van der Waals surface area contributed by atoms with Crippen LogP contribution in [-0.2, 0) is 14.3 Å². The first kappa shape index (κ1) is 38.4. The molecule has 0 radical (unpaired) electrons. The number of carbonyl (C=O) groups excluding carboxylic acids is 1. The average Bonchev–Trinajstić information content (AvgIpc) is 2.93. The summed E-state index contributed by atoms with van der Waals surface area (Å²) in [5.41, 5.74) is 0.